The monoisotopic (exact) mass is 792 g/mol. The lowest BCUT2D eigenvalue weighted by Crippen LogP contribution is -2.47. The Morgan fingerprint density at radius 2 is 1.59 bits per heavy atom. The third kappa shape index (κ3) is 7.58. The van der Waals surface area contributed by atoms with Crippen molar-refractivity contribution in [2.24, 2.45) is 0 Å². The number of aromatic nitrogens is 4. The average molecular weight is 793 g/mol. The van der Waals surface area contributed by atoms with Crippen molar-refractivity contribution >= 4 is 40.9 Å². The molecule has 58 heavy (non-hydrogen) atoms. The van der Waals surface area contributed by atoms with Gasteiger partial charge in [-0.2, -0.15) is 9.97 Å². The van der Waals surface area contributed by atoms with E-state index in [1.807, 2.05) is 29.2 Å². The summed E-state index contributed by atoms with van der Waals surface area (Å²) in [6.45, 7) is 1.28. The topological polar surface area (TPSA) is 242 Å². The molecule has 0 spiro atoms. The first kappa shape index (κ1) is 38.2. The number of hydrogen-bond donors (Lipinski definition) is 8. The predicted molar refractivity (Wildman–Crippen MR) is 210 cm³/mol. The molecule has 4 heterocycles. The number of nitrogens with one attached hydrogen (secondary N) is 3. The number of aliphatic hydroxyl groups excluding tert-OH is 2. The highest BCUT2D eigenvalue weighted by atomic mass is 16.3. The average Bonchev–Trinajstić information content (AvgIpc) is 3.97. The SMILES string of the molecule is CN1CC(=O)N([C@H]2C[C@@H](n3cnc4c(NCC(c5ccc(O)cc5)c5ccc(O)cc5)nc(N5CC[C@@H](NC(=O)NCc6cccc(O)c6)C5)nc43)[C@H](O)[C@@H]2O)C1=O. The van der Waals surface area contributed by atoms with E-state index < -0.39 is 36.2 Å². The number of imidazole rings is 1. The van der Waals surface area contributed by atoms with Crippen LogP contribution in [0.25, 0.3) is 11.2 Å². The number of carbonyl (C=O) groups is 3. The standard InChI is InChI=1S/C40H44N10O8/c1-47-20-32(54)50(40(47)58)31-16-30(34(55)35(31)56)49-21-43-33-36(41-18-29(23-5-9-26(51)10-6-23)24-7-11-27(52)12-8-24)45-38(46-37(33)49)48-14-13-25(19-48)44-39(57)42-17-22-3-2-4-28(53)15-22/h2-12,15,21,25,29-31,34-35,51-53,55-56H,13-14,16-20H2,1H3,(H,41,45,46)(H2,42,44,57)/t25-,30-,31+,34+,35-/m1/s1. The van der Waals surface area contributed by atoms with E-state index in [0.29, 0.717) is 49.0 Å². The zero-order valence-corrected chi connectivity index (χ0v) is 31.5. The molecule has 8 rings (SSSR count). The van der Waals surface area contributed by atoms with Crippen LogP contribution in [0, 0.1) is 0 Å². The van der Waals surface area contributed by atoms with Gasteiger partial charge in [0, 0.05) is 45.2 Å². The molecule has 2 aliphatic heterocycles. The Labute approximate surface area is 332 Å². The summed E-state index contributed by atoms with van der Waals surface area (Å²) < 4.78 is 1.65. The van der Waals surface area contributed by atoms with Gasteiger partial charge >= 0.3 is 12.1 Å². The Hall–Kier alpha value is -6.66. The number of aliphatic hydroxyl groups is 2. The fraction of sp³-hybridized carbons (Fsp3) is 0.350. The van der Waals surface area contributed by atoms with Crippen LogP contribution in [-0.2, 0) is 11.3 Å². The van der Waals surface area contributed by atoms with Gasteiger partial charge in [-0.05, 0) is 65.9 Å². The van der Waals surface area contributed by atoms with Crippen LogP contribution in [0.15, 0.2) is 79.1 Å². The number of phenols is 3. The second-order valence-electron chi connectivity index (χ2n) is 15.0. The number of phenolic OH excluding ortho intramolecular Hbond substituents is 3. The van der Waals surface area contributed by atoms with Crippen LogP contribution in [0.2, 0.25) is 0 Å². The summed E-state index contributed by atoms with van der Waals surface area (Å²) in [5.74, 6) is 0.314. The van der Waals surface area contributed by atoms with Gasteiger partial charge in [0.25, 0.3) is 5.91 Å². The first-order chi connectivity index (χ1) is 27.9. The lowest BCUT2D eigenvalue weighted by atomic mass is 9.91. The molecule has 5 aromatic rings. The summed E-state index contributed by atoms with van der Waals surface area (Å²) in [6.07, 6.45) is -0.635. The van der Waals surface area contributed by atoms with Gasteiger partial charge in [-0.1, -0.05) is 36.4 Å². The molecule has 1 aliphatic carbocycles. The number of carbonyl (C=O) groups excluding carboxylic acids is 3. The van der Waals surface area contributed by atoms with Gasteiger partial charge in [0.15, 0.2) is 17.0 Å². The molecule has 0 bridgehead atoms. The minimum absolute atomic E-state index is 0.0540. The maximum Gasteiger partial charge on any atom is 0.327 e. The van der Waals surface area contributed by atoms with E-state index in [2.05, 4.69) is 20.9 Å². The van der Waals surface area contributed by atoms with Crippen molar-refractivity contribution in [1.29, 1.82) is 0 Å². The van der Waals surface area contributed by atoms with Crippen LogP contribution in [-0.4, -0.2) is 130 Å². The first-order valence-corrected chi connectivity index (χ1v) is 19.0. The van der Waals surface area contributed by atoms with E-state index in [0.717, 1.165) is 21.6 Å². The van der Waals surface area contributed by atoms with Crippen molar-refractivity contribution in [2.75, 3.05) is 43.4 Å². The number of amides is 5. The van der Waals surface area contributed by atoms with Crippen LogP contribution < -0.4 is 20.9 Å². The normalized spacial score (nSPS) is 22.1. The van der Waals surface area contributed by atoms with Gasteiger partial charge in [0.2, 0.25) is 5.95 Å². The third-order valence-corrected chi connectivity index (χ3v) is 11.1. The van der Waals surface area contributed by atoms with Gasteiger partial charge in [-0.3, -0.25) is 9.69 Å². The molecule has 2 saturated heterocycles. The van der Waals surface area contributed by atoms with Gasteiger partial charge in [-0.15, -0.1) is 0 Å². The van der Waals surface area contributed by atoms with E-state index in [9.17, 15) is 39.9 Å². The zero-order valence-electron chi connectivity index (χ0n) is 31.5. The number of imide groups is 1. The van der Waals surface area contributed by atoms with Crippen LogP contribution in [0.4, 0.5) is 21.4 Å². The van der Waals surface area contributed by atoms with E-state index in [1.165, 1.54) is 18.3 Å². The minimum atomic E-state index is -1.42. The Morgan fingerprint density at radius 3 is 2.24 bits per heavy atom. The van der Waals surface area contributed by atoms with Crippen molar-refractivity contribution in [1.82, 2.24) is 40.0 Å². The van der Waals surface area contributed by atoms with Crippen molar-refractivity contribution in [3.8, 4) is 17.2 Å². The molecule has 5 atom stereocenters. The number of likely N-dealkylation sites (N-methyl/N-ethyl adjacent to an activating group) is 1. The summed E-state index contributed by atoms with van der Waals surface area (Å²) in [6, 6.07) is 17.4. The summed E-state index contributed by atoms with van der Waals surface area (Å²) in [5, 5.41) is 61.7. The summed E-state index contributed by atoms with van der Waals surface area (Å²) >= 11 is 0. The number of urea groups is 2. The number of fused-ring (bicyclic) bond motifs is 1. The highest BCUT2D eigenvalue weighted by Gasteiger charge is 2.51. The number of anilines is 2. The lowest BCUT2D eigenvalue weighted by molar-refractivity contribution is -0.128. The second kappa shape index (κ2) is 15.7. The number of rotatable bonds is 11. The fourth-order valence-electron chi connectivity index (χ4n) is 8.08. The Balaban J connectivity index is 1.09. The third-order valence-electron chi connectivity index (χ3n) is 11.1. The molecule has 5 amide bonds. The molecule has 3 fully saturated rings. The Kier molecular flexibility index (Phi) is 10.3. The van der Waals surface area contributed by atoms with E-state index in [4.69, 9.17) is 9.97 Å². The fourth-order valence-corrected chi connectivity index (χ4v) is 8.08. The molecule has 302 valence electrons. The van der Waals surface area contributed by atoms with E-state index in [-0.39, 0.29) is 54.7 Å². The molecular formula is C40H44N10O8. The van der Waals surface area contributed by atoms with Gasteiger partial charge in [0.1, 0.15) is 36.0 Å². The maximum atomic E-state index is 12.9. The molecule has 0 radical (unpaired) electrons. The smallest absolute Gasteiger partial charge is 0.327 e. The molecule has 18 heteroatoms. The van der Waals surface area contributed by atoms with Crippen LogP contribution >= 0.6 is 0 Å². The predicted octanol–water partition coefficient (Wildman–Crippen LogP) is 2.19. The molecule has 3 aromatic carbocycles. The highest BCUT2D eigenvalue weighted by molar-refractivity contribution is 6.02. The molecule has 18 nitrogen and oxygen atoms in total. The summed E-state index contributed by atoms with van der Waals surface area (Å²) in [5.41, 5.74) is 3.22. The molecule has 2 aromatic heterocycles. The molecule has 0 unspecified atom stereocenters. The van der Waals surface area contributed by atoms with Crippen molar-refractivity contribution in [2.45, 2.75) is 55.6 Å². The van der Waals surface area contributed by atoms with E-state index >= 15 is 0 Å². The largest absolute Gasteiger partial charge is 0.508 e. The number of nitrogens with zero attached hydrogens (tertiary/aromatic N) is 7. The van der Waals surface area contributed by atoms with Crippen LogP contribution in [0.1, 0.15) is 41.5 Å². The van der Waals surface area contributed by atoms with Gasteiger partial charge in [0.05, 0.1) is 18.4 Å². The molecular weight excluding hydrogens is 749 g/mol. The maximum absolute atomic E-state index is 12.9. The first-order valence-electron chi connectivity index (χ1n) is 19.0. The second-order valence-corrected chi connectivity index (χ2v) is 15.0. The minimum Gasteiger partial charge on any atom is -0.508 e. The molecule has 1 saturated carbocycles. The number of benzene rings is 3. The lowest BCUT2D eigenvalue weighted by Gasteiger charge is -2.24. The highest BCUT2D eigenvalue weighted by Crippen LogP contribution is 2.38. The number of hydrogen-bond acceptors (Lipinski definition) is 13. The number of aromatic hydroxyl groups is 3. The Morgan fingerprint density at radius 1 is 0.897 bits per heavy atom. The quantitative estimate of drug-likeness (QED) is 0.0897. The zero-order chi connectivity index (χ0) is 40.7. The van der Waals surface area contributed by atoms with Gasteiger partial charge in [-0.25, -0.2) is 14.6 Å². The van der Waals surface area contributed by atoms with Crippen molar-refractivity contribution < 1.29 is 39.9 Å². The molecule has 8 N–H and O–H groups in total. The summed E-state index contributed by atoms with van der Waals surface area (Å²) in [7, 11) is 1.50. The van der Waals surface area contributed by atoms with Crippen molar-refractivity contribution in [3.05, 3.63) is 95.8 Å². The Bertz CT molecular complexity index is 2280. The van der Waals surface area contributed by atoms with Crippen LogP contribution in [0.3, 0.4) is 0 Å². The van der Waals surface area contributed by atoms with Crippen LogP contribution in [0.5, 0.6) is 17.2 Å². The van der Waals surface area contributed by atoms with Gasteiger partial charge < -0.3 is 55.8 Å². The molecule has 3 aliphatic rings. The summed E-state index contributed by atoms with van der Waals surface area (Å²) in [4.78, 5) is 57.3. The van der Waals surface area contributed by atoms with E-state index in [1.54, 1.807) is 53.1 Å². The van der Waals surface area contributed by atoms with Crippen molar-refractivity contribution in [3.63, 3.8) is 0 Å².